The molecular weight excluding hydrogens is 423 g/mol. The Morgan fingerprint density at radius 1 is 0.906 bits per heavy atom. The Morgan fingerprint density at radius 2 is 1.47 bits per heavy atom. The number of amides is 1. The Hall–Kier alpha value is -3.45. The molecule has 0 radical (unpaired) electrons. The monoisotopic (exact) mass is 446 g/mol. The molecule has 0 bridgehead atoms. The van der Waals surface area contributed by atoms with E-state index in [0.717, 1.165) is 11.1 Å². The molecule has 1 aromatic heterocycles. The molecule has 3 aromatic carbocycles. The standard InChI is InChI=1S/C25H23FN4OS/c1-17(32-25-29-28-23(30(25)2)20-15-9-10-16-21(20)26)24(31)27-22(18-11-5-3-6-12-18)19-13-7-4-8-14-19/h3-17,22H,1-2H3,(H,27,31). The highest BCUT2D eigenvalue weighted by atomic mass is 32.2. The van der Waals surface area contributed by atoms with E-state index in [9.17, 15) is 9.18 Å². The number of carbonyl (C=O) groups is 1. The molecule has 0 saturated heterocycles. The maximum atomic E-state index is 14.2. The molecule has 162 valence electrons. The van der Waals surface area contributed by atoms with Gasteiger partial charge in [-0.2, -0.15) is 0 Å². The van der Waals surface area contributed by atoms with E-state index in [-0.39, 0.29) is 17.8 Å². The number of nitrogens with one attached hydrogen (secondary N) is 1. The van der Waals surface area contributed by atoms with Crippen molar-refractivity contribution < 1.29 is 9.18 Å². The average molecular weight is 447 g/mol. The third-order valence-electron chi connectivity index (χ3n) is 5.15. The van der Waals surface area contributed by atoms with E-state index in [4.69, 9.17) is 0 Å². The minimum absolute atomic E-state index is 0.122. The van der Waals surface area contributed by atoms with Gasteiger partial charge in [-0.25, -0.2) is 4.39 Å². The van der Waals surface area contributed by atoms with Gasteiger partial charge in [0.15, 0.2) is 11.0 Å². The summed E-state index contributed by atoms with van der Waals surface area (Å²) in [6, 6.07) is 25.9. The van der Waals surface area contributed by atoms with Crippen molar-refractivity contribution in [2.24, 2.45) is 7.05 Å². The SMILES string of the molecule is CC(Sc1nnc(-c2ccccc2F)n1C)C(=O)NC(c1ccccc1)c1ccccc1. The molecule has 4 aromatic rings. The summed E-state index contributed by atoms with van der Waals surface area (Å²) in [6.07, 6.45) is 0. The molecule has 1 amide bonds. The van der Waals surface area contributed by atoms with Gasteiger partial charge in [0.25, 0.3) is 0 Å². The fourth-order valence-electron chi connectivity index (χ4n) is 3.42. The summed E-state index contributed by atoms with van der Waals surface area (Å²) in [7, 11) is 1.77. The number of hydrogen-bond acceptors (Lipinski definition) is 4. The van der Waals surface area contributed by atoms with E-state index >= 15 is 0 Å². The summed E-state index contributed by atoms with van der Waals surface area (Å²) in [5, 5.41) is 11.6. The number of rotatable bonds is 7. The smallest absolute Gasteiger partial charge is 0.234 e. The topological polar surface area (TPSA) is 59.8 Å². The lowest BCUT2D eigenvalue weighted by molar-refractivity contribution is -0.120. The van der Waals surface area contributed by atoms with Gasteiger partial charge >= 0.3 is 0 Å². The minimum atomic E-state index is -0.429. The zero-order chi connectivity index (χ0) is 22.5. The van der Waals surface area contributed by atoms with Gasteiger partial charge in [0.05, 0.1) is 16.9 Å². The van der Waals surface area contributed by atoms with Crippen molar-refractivity contribution in [3.8, 4) is 11.4 Å². The van der Waals surface area contributed by atoms with E-state index in [2.05, 4.69) is 15.5 Å². The predicted molar refractivity (Wildman–Crippen MR) is 125 cm³/mol. The predicted octanol–water partition coefficient (Wildman–Crippen LogP) is 5.01. The summed E-state index contributed by atoms with van der Waals surface area (Å²) in [6.45, 7) is 1.82. The summed E-state index contributed by atoms with van der Waals surface area (Å²) in [5.41, 5.74) is 2.38. The lowest BCUT2D eigenvalue weighted by Gasteiger charge is -2.22. The molecule has 1 atom stereocenters. The first-order chi connectivity index (χ1) is 15.5. The van der Waals surface area contributed by atoms with Crippen LogP contribution in [0.5, 0.6) is 0 Å². The normalized spacial score (nSPS) is 12.0. The summed E-state index contributed by atoms with van der Waals surface area (Å²) < 4.78 is 15.9. The van der Waals surface area contributed by atoms with Crippen LogP contribution >= 0.6 is 11.8 Å². The Morgan fingerprint density at radius 3 is 2.06 bits per heavy atom. The van der Waals surface area contributed by atoms with Crippen molar-refractivity contribution in [2.45, 2.75) is 23.4 Å². The van der Waals surface area contributed by atoms with Gasteiger partial charge < -0.3 is 9.88 Å². The summed E-state index contributed by atoms with van der Waals surface area (Å²) >= 11 is 1.29. The molecule has 5 nitrogen and oxygen atoms in total. The lowest BCUT2D eigenvalue weighted by atomic mass is 9.98. The molecule has 0 aliphatic carbocycles. The molecule has 7 heteroatoms. The quantitative estimate of drug-likeness (QED) is 0.406. The van der Waals surface area contributed by atoms with Crippen molar-refractivity contribution in [3.63, 3.8) is 0 Å². The second kappa shape index (κ2) is 9.78. The van der Waals surface area contributed by atoms with Crippen LogP contribution in [0.2, 0.25) is 0 Å². The molecule has 0 aliphatic heterocycles. The number of halogens is 1. The van der Waals surface area contributed by atoms with Gasteiger partial charge in [-0.3, -0.25) is 4.79 Å². The second-order valence-electron chi connectivity index (χ2n) is 7.37. The van der Waals surface area contributed by atoms with Crippen LogP contribution in [0.3, 0.4) is 0 Å². The zero-order valence-electron chi connectivity index (χ0n) is 17.8. The van der Waals surface area contributed by atoms with E-state index < -0.39 is 5.25 Å². The molecule has 1 unspecified atom stereocenters. The molecule has 4 rings (SSSR count). The number of carbonyl (C=O) groups excluding carboxylic acids is 1. The van der Waals surface area contributed by atoms with Gasteiger partial charge in [0.2, 0.25) is 5.91 Å². The van der Waals surface area contributed by atoms with Crippen molar-refractivity contribution >= 4 is 17.7 Å². The fraction of sp³-hybridized carbons (Fsp3) is 0.160. The largest absolute Gasteiger partial charge is 0.344 e. The summed E-state index contributed by atoms with van der Waals surface area (Å²) in [5.74, 6) is -0.0632. The molecule has 0 saturated carbocycles. The third-order valence-corrected chi connectivity index (χ3v) is 6.29. The van der Waals surface area contributed by atoms with Crippen LogP contribution in [0.4, 0.5) is 4.39 Å². The fourth-order valence-corrected chi connectivity index (χ4v) is 4.24. The van der Waals surface area contributed by atoms with E-state index in [1.54, 1.807) is 29.8 Å². The maximum absolute atomic E-state index is 14.2. The molecule has 32 heavy (non-hydrogen) atoms. The molecule has 1 heterocycles. The highest BCUT2D eigenvalue weighted by Gasteiger charge is 2.24. The number of nitrogens with zero attached hydrogens (tertiary/aromatic N) is 3. The minimum Gasteiger partial charge on any atom is -0.344 e. The summed E-state index contributed by atoms with van der Waals surface area (Å²) in [4.78, 5) is 13.1. The maximum Gasteiger partial charge on any atom is 0.234 e. The van der Waals surface area contributed by atoms with E-state index in [0.29, 0.717) is 16.5 Å². The second-order valence-corrected chi connectivity index (χ2v) is 8.68. The van der Waals surface area contributed by atoms with Crippen LogP contribution in [0.1, 0.15) is 24.1 Å². The molecule has 0 spiro atoms. The van der Waals surface area contributed by atoms with Crippen LogP contribution in [-0.4, -0.2) is 25.9 Å². The number of aromatic nitrogens is 3. The van der Waals surface area contributed by atoms with Crippen molar-refractivity contribution in [1.29, 1.82) is 0 Å². The molecule has 1 N–H and O–H groups in total. The van der Waals surface area contributed by atoms with Crippen molar-refractivity contribution in [3.05, 3.63) is 102 Å². The Labute approximate surface area is 190 Å². The Kier molecular flexibility index (Phi) is 6.66. The number of thioether (sulfide) groups is 1. The number of benzene rings is 3. The van der Waals surface area contributed by atoms with Crippen LogP contribution in [0, 0.1) is 5.82 Å². The highest BCUT2D eigenvalue weighted by Crippen LogP contribution is 2.28. The highest BCUT2D eigenvalue weighted by molar-refractivity contribution is 8.00. The first-order valence-corrected chi connectivity index (χ1v) is 11.1. The van der Waals surface area contributed by atoms with Gasteiger partial charge in [0, 0.05) is 7.05 Å². The van der Waals surface area contributed by atoms with Crippen LogP contribution in [0.15, 0.2) is 90.1 Å². The number of hydrogen-bond donors (Lipinski definition) is 1. The Bertz CT molecular complexity index is 1160. The third kappa shape index (κ3) is 4.73. The van der Waals surface area contributed by atoms with Crippen molar-refractivity contribution in [1.82, 2.24) is 20.1 Å². The van der Waals surface area contributed by atoms with Gasteiger partial charge in [0.1, 0.15) is 5.82 Å². The first kappa shape index (κ1) is 21.8. The van der Waals surface area contributed by atoms with Gasteiger partial charge in [-0.15, -0.1) is 10.2 Å². The first-order valence-electron chi connectivity index (χ1n) is 10.3. The van der Waals surface area contributed by atoms with Crippen LogP contribution in [0.25, 0.3) is 11.4 Å². The Balaban J connectivity index is 1.52. The lowest BCUT2D eigenvalue weighted by Crippen LogP contribution is -2.35. The molecular formula is C25H23FN4OS. The van der Waals surface area contributed by atoms with Crippen LogP contribution in [-0.2, 0) is 11.8 Å². The van der Waals surface area contributed by atoms with Gasteiger partial charge in [-0.1, -0.05) is 84.6 Å². The average Bonchev–Trinajstić information content (AvgIpc) is 3.18. The van der Waals surface area contributed by atoms with Crippen LogP contribution < -0.4 is 5.32 Å². The van der Waals surface area contributed by atoms with E-state index in [1.807, 2.05) is 67.6 Å². The molecule has 0 aliphatic rings. The van der Waals surface area contributed by atoms with Gasteiger partial charge in [-0.05, 0) is 30.2 Å². The van der Waals surface area contributed by atoms with Crippen molar-refractivity contribution in [2.75, 3.05) is 0 Å². The molecule has 0 fully saturated rings. The van der Waals surface area contributed by atoms with E-state index in [1.165, 1.54) is 17.8 Å². The zero-order valence-corrected chi connectivity index (χ0v) is 18.6.